The predicted octanol–water partition coefficient (Wildman–Crippen LogP) is 4.62. The van der Waals surface area contributed by atoms with Crippen molar-refractivity contribution in [3.8, 4) is 17.6 Å². The van der Waals surface area contributed by atoms with Gasteiger partial charge in [-0.05, 0) is 52.9 Å². The summed E-state index contributed by atoms with van der Waals surface area (Å²) in [6.45, 7) is 8.14. The van der Waals surface area contributed by atoms with Gasteiger partial charge in [0.2, 0.25) is 0 Å². The smallest absolute Gasteiger partial charge is 0.410 e. The summed E-state index contributed by atoms with van der Waals surface area (Å²) in [6.07, 6.45) is -1.13. The van der Waals surface area contributed by atoms with Gasteiger partial charge in [0.1, 0.15) is 17.9 Å². The van der Waals surface area contributed by atoms with Gasteiger partial charge in [0, 0.05) is 20.4 Å². The average molecular weight is 548 g/mol. The van der Waals surface area contributed by atoms with Crippen molar-refractivity contribution in [2.45, 2.75) is 39.8 Å². The Labute approximate surface area is 200 Å². The summed E-state index contributed by atoms with van der Waals surface area (Å²) in [5.74, 6) is 0.846. The zero-order valence-corrected chi connectivity index (χ0v) is 20.4. The van der Waals surface area contributed by atoms with Crippen molar-refractivity contribution >= 4 is 40.4 Å². The van der Waals surface area contributed by atoms with E-state index in [-0.39, 0.29) is 28.7 Å². The number of rotatable bonds is 5. The number of ether oxygens (including phenoxy) is 2. The Morgan fingerprint density at radius 2 is 1.78 bits per heavy atom. The third kappa shape index (κ3) is 4.60. The number of hydrogen-bond acceptors (Lipinski definition) is 5. The van der Waals surface area contributed by atoms with Crippen LogP contribution in [0.3, 0.4) is 0 Å². The Morgan fingerprint density at radius 3 is 2.38 bits per heavy atom. The van der Waals surface area contributed by atoms with E-state index >= 15 is 0 Å². The Kier molecular flexibility index (Phi) is 6.55. The molecule has 0 atom stereocenters. The van der Waals surface area contributed by atoms with Crippen molar-refractivity contribution in [1.29, 1.82) is 5.26 Å². The molecule has 1 aliphatic carbocycles. The Morgan fingerprint density at radius 1 is 1.12 bits per heavy atom. The zero-order valence-electron chi connectivity index (χ0n) is 18.2. The molecule has 168 valence electrons. The summed E-state index contributed by atoms with van der Waals surface area (Å²) in [7, 11) is 0. The van der Waals surface area contributed by atoms with Crippen LogP contribution in [0.2, 0.25) is 0 Å². The van der Waals surface area contributed by atoms with E-state index < -0.39 is 12.1 Å². The molecule has 0 saturated heterocycles. The molecule has 32 heavy (non-hydrogen) atoms. The van der Waals surface area contributed by atoms with E-state index in [2.05, 4.69) is 39.3 Å². The van der Waals surface area contributed by atoms with E-state index in [9.17, 15) is 9.59 Å². The van der Waals surface area contributed by atoms with Gasteiger partial charge in [-0.1, -0.05) is 39.8 Å². The van der Waals surface area contributed by atoms with Crippen molar-refractivity contribution in [3.63, 3.8) is 0 Å². The number of primary amides is 1. The molecule has 3 amide bonds. The second-order valence-corrected chi connectivity index (χ2v) is 10.0. The second-order valence-electron chi connectivity index (χ2n) is 8.84. The highest BCUT2D eigenvalue weighted by molar-refractivity contribution is 14.1. The van der Waals surface area contributed by atoms with Crippen molar-refractivity contribution in [2.75, 3.05) is 5.32 Å². The number of benzene rings is 2. The number of hydrogen-bond donors (Lipinski definition) is 3. The summed E-state index contributed by atoms with van der Waals surface area (Å²) in [6, 6.07) is 13.4. The van der Waals surface area contributed by atoms with Gasteiger partial charge in [-0.2, -0.15) is 5.26 Å². The van der Waals surface area contributed by atoms with Gasteiger partial charge in [-0.25, -0.2) is 9.59 Å². The molecule has 0 aromatic heterocycles. The quantitative estimate of drug-likeness (QED) is 0.470. The molecule has 0 spiro atoms. The van der Waals surface area contributed by atoms with Crippen LogP contribution in [0, 0.1) is 25.7 Å². The predicted molar refractivity (Wildman–Crippen MR) is 128 cm³/mol. The molecule has 0 radical (unpaired) electrons. The van der Waals surface area contributed by atoms with Crippen LogP contribution >= 0.6 is 22.6 Å². The molecule has 1 fully saturated rings. The van der Waals surface area contributed by atoms with Gasteiger partial charge >= 0.3 is 12.1 Å². The van der Waals surface area contributed by atoms with Gasteiger partial charge in [-0.15, -0.1) is 0 Å². The standard InChI is InChI=1S/C23H25IN4O4/c1-22(2)18(28-21(30)27-16-7-5-6-8-17(16)32-20(26)29)23(3,4)19(22)31-14-10-9-13(12-25)15(24)11-14/h5-11,18-19H,1-4H3,(H2,26,29)(H2,27,28,30). The third-order valence-corrected chi connectivity index (χ3v) is 6.67. The van der Waals surface area contributed by atoms with Crippen LogP contribution in [-0.4, -0.2) is 24.3 Å². The maximum absolute atomic E-state index is 12.7. The first-order chi connectivity index (χ1) is 15.0. The molecular weight excluding hydrogens is 523 g/mol. The lowest BCUT2D eigenvalue weighted by Gasteiger charge is -2.63. The van der Waals surface area contributed by atoms with Crippen LogP contribution in [0.5, 0.6) is 11.5 Å². The first kappa shape index (κ1) is 23.7. The maximum atomic E-state index is 12.7. The minimum atomic E-state index is -0.960. The first-order valence-corrected chi connectivity index (χ1v) is 11.0. The summed E-state index contributed by atoms with van der Waals surface area (Å²) in [5.41, 5.74) is 5.28. The fourth-order valence-electron chi connectivity index (χ4n) is 4.65. The Bertz CT molecular complexity index is 1080. The molecule has 9 heteroatoms. The number of nitrogens with zero attached hydrogens (tertiary/aromatic N) is 1. The van der Waals surface area contributed by atoms with E-state index in [0.717, 1.165) is 3.57 Å². The SMILES string of the molecule is CC1(C)C(NC(=O)Nc2ccccc2OC(N)=O)C(C)(C)C1Oc1ccc(C#N)c(I)c1. The fraction of sp³-hybridized carbons (Fsp3) is 0.348. The van der Waals surface area contributed by atoms with Crippen LogP contribution in [0.15, 0.2) is 42.5 Å². The normalized spacial score (nSPS) is 20.2. The highest BCUT2D eigenvalue weighted by Crippen LogP contribution is 2.55. The lowest BCUT2D eigenvalue weighted by atomic mass is 9.49. The summed E-state index contributed by atoms with van der Waals surface area (Å²) >= 11 is 2.11. The molecule has 1 aliphatic rings. The lowest BCUT2D eigenvalue weighted by Crippen LogP contribution is -2.75. The topological polar surface area (TPSA) is 126 Å². The number of halogens is 1. The van der Waals surface area contributed by atoms with Crippen LogP contribution < -0.4 is 25.8 Å². The first-order valence-electron chi connectivity index (χ1n) is 9.97. The molecule has 8 nitrogen and oxygen atoms in total. The van der Waals surface area contributed by atoms with E-state index in [4.69, 9.17) is 20.5 Å². The van der Waals surface area contributed by atoms with E-state index in [1.165, 1.54) is 0 Å². The molecule has 0 heterocycles. The molecule has 0 aliphatic heterocycles. The average Bonchev–Trinajstić information content (AvgIpc) is 2.71. The number of carbonyl (C=O) groups is 2. The van der Waals surface area contributed by atoms with E-state index in [0.29, 0.717) is 17.0 Å². The molecule has 2 aromatic rings. The Hall–Kier alpha value is -3.00. The summed E-state index contributed by atoms with van der Waals surface area (Å²) < 4.78 is 12.1. The van der Waals surface area contributed by atoms with Crippen LogP contribution in [0.1, 0.15) is 33.3 Å². The number of amides is 3. The number of carbonyl (C=O) groups excluding carboxylic acids is 2. The van der Waals surface area contributed by atoms with Crippen molar-refractivity contribution in [3.05, 3.63) is 51.6 Å². The van der Waals surface area contributed by atoms with E-state index in [1.807, 2.05) is 33.8 Å². The van der Waals surface area contributed by atoms with Crippen molar-refractivity contribution < 1.29 is 19.1 Å². The number of anilines is 1. The largest absolute Gasteiger partial charge is 0.489 e. The summed E-state index contributed by atoms with van der Waals surface area (Å²) in [4.78, 5) is 23.8. The number of nitrogens with one attached hydrogen (secondary N) is 2. The van der Waals surface area contributed by atoms with Gasteiger partial charge < -0.3 is 25.8 Å². The maximum Gasteiger partial charge on any atom is 0.410 e. The van der Waals surface area contributed by atoms with E-state index in [1.54, 1.807) is 36.4 Å². The molecular formula is C23H25IN4O4. The second kappa shape index (κ2) is 8.86. The van der Waals surface area contributed by atoms with Gasteiger partial charge in [0.15, 0.2) is 5.75 Å². The number of nitrogens with two attached hydrogens (primary N) is 1. The number of nitriles is 1. The highest BCUT2D eigenvalue weighted by atomic mass is 127. The number of para-hydroxylation sites is 2. The fourth-order valence-corrected chi connectivity index (χ4v) is 5.26. The minimum Gasteiger partial charge on any atom is -0.489 e. The molecule has 1 saturated carbocycles. The molecule has 0 bridgehead atoms. The third-order valence-electron chi connectivity index (χ3n) is 5.78. The molecule has 2 aromatic carbocycles. The summed E-state index contributed by atoms with van der Waals surface area (Å²) in [5, 5.41) is 14.9. The van der Waals surface area contributed by atoms with Crippen LogP contribution in [0.4, 0.5) is 15.3 Å². The molecule has 3 rings (SSSR count). The monoisotopic (exact) mass is 548 g/mol. The van der Waals surface area contributed by atoms with Crippen LogP contribution in [-0.2, 0) is 0 Å². The van der Waals surface area contributed by atoms with Gasteiger partial charge in [0.05, 0.1) is 11.3 Å². The molecule has 4 N–H and O–H groups in total. The van der Waals surface area contributed by atoms with Crippen molar-refractivity contribution in [2.24, 2.45) is 16.6 Å². The van der Waals surface area contributed by atoms with Crippen molar-refractivity contribution in [1.82, 2.24) is 5.32 Å². The lowest BCUT2D eigenvalue weighted by molar-refractivity contribution is -0.163. The van der Waals surface area contributed by atoms with Gasteiger partial charge in [-0.3, -0.25) is 0 Å². The van der Waals surface area contributed by atoms with Gasteiger partial charge in [0.25, 0.3) is 0 Å². The Balaban J connectivity index is 1.71. The number of urea groups is 1. The minimum absolute atomic E-state index is 0.166. The highest BCUT2D eigenvalue weighted by Gasteiger charge is 2.64. The molecule has 0 unspecified atom stereocenters. The van der Waals surface area contributed by atoms with Crippen LogP contribution in [0.25, 0.3) is 0 Å². The zero-order chi connectivity index (χ0) is 23.7.